The van der Waals surface area contributed by atoms with Crippen LogP contribution in [0, 0.1) is 6.92 Å². The molecule has 5 rings (SSSR count). The number of Topliss-reactive ketones (excluding diaryl/α,β-unsaturated/α-hetero) is 1. The minimum atomic E-state index is -0.849. The Bertz CT molecular complexity index is 1520. The number of nitrogens with zero attached hydrogens (tertiary/aromatic N) is 3. The fourth-order valence-corrected chi connectivity index (χ4v) is 6.39. The number of hydrogen-bond donors (Lipinski definition) is 1. The molecule has 10 heteroatoms. The summed E-state index contributed by atoms with van der Waals surface area (Å²) in [6, 6.07) is 21.1. The van der Waals surface area contributed by atoms with Gasteiger partial charge in [-0.25, -0.2) is 0 Å². The minimum absolute atomic E-state index is 0.0108. The zero-order valence-electron chi connectivity index (χ0n) is 19.4. The highest BCUT2D eigenvalue weighted by Crippen LogP contribution is 2.44. The number of amides is 1. The molecule has 0 aliphatic carbocycles. The molecular formula is C27H19BrClN3O3S2. The number of aromatic nitrogens is 2. The van der Waals surface area contributed by atoms with Gasteiger partial charge < -0.3 is 5.11 Å². The fourth-order valence-electron chi connectivity index (χ4n) is 3.97. The van der Waals surface area contributed by atoms with Crippen molar-refractivity contribution in [1.82, 2.24) is 10.2 Å². The highest BCUT2D eigenvalue weighted by atomic mass is 79.9. The molecule has 1 amide bonds. The van der Waals surface area contributed by atoms with Crippen molar-refractivity contribution in [2.75, 3.05) is 4.90 Å². The molecule has 3 aromatic carbocycles. The number of carbonyl (C=O) groups excluding carboxylic acids is 2. The van der Waals surface area contributed by atoms with Gasteiger partial charge in [-0.15, -0.1) is 10.2 Å². The van der Waals surface area contributed by atoms with Gasteiger partial charge in [-0.05, 0) is 36.2 Å². The average molecular weight is 613 g/mol. The van der Waals surface area contributed by atoms with Crippen molar-refractivity contribution in [1.29, 1.82) is 0 Å². The van der Waals surface area contributed by atoms with E-state index < -0.39 is 17.7 Å². The van der Waals surface area contributed by atoms with Crippen molar-refractivity contribution in [2.24, 2.45) is 0 Å². The second kappa shape index (κ2) is 10.8. The third kappa shape index (κ3) is 5.22. The van der Waals surface area contributed by atoms with Crippen LogP contribution in [0.2, 0.25) is 5.02 Å². The zero-order valence-corrected chi connectivity index (χ0v) is 23.4. The number of aliphatic hydroxyl groups excluding tert-OH is 1. The third-order valence-corrected chi connectivity index (χ3v) is 8.87. The SMILES string of the molecule is Cc1ccc(C2/C(=C(/O)c3ccc(Br)cc3)C(=O)C(=O)N2c2nnc(SCc3ccccc3Cl)s2)cc1. The van der Waals surface area contributed by atoms with Crippen molar-refractivity contribution in [2.45, 2.75) is 23.1 Å². The van der Waals surface area contributed by atoms with Crippen LogP contribution < -0.4 is 4.90 Å². The topological polar surface area (TPSA) is 83.4 Å². The first-order valence-electron chi connectivity index (χ1n) is 11.2. The molecule has 1 fully saturated rings. The monoisotopic (exact) mass is 611 g/mol. The van der Waals surface area contributed by atoms with Crippen LogP contribution in [0.4, 0.5) is 5.13 Å². The summed E-state index contributed by atoms with van der Waals surface area (Å²) in [5.41, 5.74) is 3.12. The van der Waals surface area contributed by atoms with Crippen LogP contribution in [0.5, 0.6) is 0 Å². The summed E-state index contributed by atoms with van der Waals surface area (Å²) >= 11 is 12.3. The van der Waals surface area contributed by atoms with Crippen LogP contribution in [-0.4, -0.2) is 27.0 Å². The summed E-state index contributed by atoms with van der Waals surface area (Å²) in [5, 5.41) is 20.6. The number of anilines is 1. The van der Waals surface area contributed by atoms with Crippen LogP contribution >= 0.6 is 50.6 Å². The van der Waals surface area contributed by atoms with Gasteiger partial charge in [0.25, 0.3) is 5.78 Å². The van der Waals surface area contributed by atoms with Crippen molar-refractivity contribution in [3.63, 3.8) is 0 Å². The van der Waals surface area contributed by atoms with Crippen molar-refractivity contribution in [3.8, 4) is 0 Å². The van der Waals surface area contributed by atoms with E-state index in [0.717, 1.165) is 15.6 Å². The maximum atomic E-state index is 13.3. The van der Waals surface area contributed by atoms with E-state index in [4.69, 9.17) is 11.6 Å². The molecule has 1 N–H and O–H groups in total. The smallest absolute Gasteiger partial charge is 0.301 e. The Hall–Kier alpha value is -2.98. The van der Waals surface area contributed by atoms with Gasteiger partial charge in [0.1, 0.15) is 5.76 Å². The van der Waals surface area contributed by atoms with Gasteiger partial charge >= 0.3 is 5.91 Å². The van der Waals surface area contributed by atoms with Gasteiger partial charge in [-0.3, -0.25) is 14.5 Å². The van der Waals surface area contributed by atoms with Gasteiger partial charge in [-0.1, -0.05) is 111 Å². The van der Waals surface area contributed by atoms with Crippen LogP contribution in [0.3, 0.4) is 0 Å². The molecule has 1 aliphatic heterocycles. The highest BCUT2D eigenvalue weighted by Gasteiger charge is 2.48. The molecular weight excluding hydrogens is 594 g/mol. The summed E-state index contributed by atoms with van der Waals surface area (Å²) in [6.07, 6.45) is 0. The lowest BCUT2D eigenvalue weighted by Gasteiger charge is -2.22. The number of aryl methyl sites for hydroxylation is 1. The van der Waals surface area contributed by atoms with E-state index in [0.29, 0.717) is 26.2 Å². The highest BCUT2D eigenvalue weighted by molar-refractivity contribution is 9.10. The van der Waals surface area contributed by atoms with Crippen LogP contribution in [-0.2, 0) is 15.3 Å². The van der Waals surface area contributed by atoms with Crippen molar-refractivity contribution in [3.05, 3.63) is 110 Å². The van der Waals surface area contributed by atoms with E-state index >= 15 is 0 Å². The summed E-state index contributed by atoms with van der Waals surface area (Å²) in [7, 11) is 0. The largest absolute Gasteiger partial charge is 0.507 e. The predicted molar refractivity (Wildman–Crippen MR) is 151 cm³/mol. The van der Waals surface area contributed by atoms with Gasteiger partial charge in [-0.2, -0.15) is 0 Å². The normalized spacial score (nSPS) is 16.9. The van der Waals surface area contributed by atoms with Gasteiger partial charge in [0.15, 0.2) is 4.34 Å². The number of aliphatic hydroxyl groups is 1. The van der Waals surface area contributed by atoms with Crippen molar-refractivity contribution < 1.29 is 14.7 Å². The van der Waals surface area contributed by atoms with Crippen LogP contribution in [0.25, 0.3) is 5.76 Å². The molecule has 6 nitrogen and oxygen atoms in total. The molecule has 0 saturated carbocycles. The van der Waals surface area contributed by atoms with E-state index in [1.807, 2.05) is 55.5 Å². The standard InChI is InChI=1S/C27H19BrClN3O3S2/c1-15-6-8-16(9-7-15)22-21(23(33)17-10-12-19(28)13-11-17)24(34)25(35)32(22)26-30-31-27(37-26)36-14-18-4-2-3-5-20(18)29/h2-13,22,33H,14H2,1H3/b23-21-. The number of carbonyl (C=O) groups is 2. The lowest BCUT2D eigenvalue weighted by atomic mass is 9.95. The van der Waals surface area contributed by atoms with E-state index in [1.54, 1.807) is 24.3 Å². The first-order valence-corrected chi connectivity index (χ1v) is 14.1. The summed E-state index contributed by atoms with van der Waals surface area (Å²) in [5.74, 6) is -1.19. The molecule has 1 atom stereocenters. The van der Waals surface area contributed by atoms with Gasteiger partial charge in [0, 0.05) is 20.8 Å². The van der Waals surface area contributed by atoms with E-state index in [-0.39, 0.29) is 16.5 Å². The molecule has 1 aliphatic rings. The predicted octanol–water partition coefficient (Wildman–Crippen LogP) is 7.18. The molecule has 1 aromatic heterocycles. The first kappa shape index (κ1) is 25.7. The Kier molecular flexibility index (Phi) is 7.48. The number of rotatable bonds is 6. The molecule has 4 aromatic rings. The maximum absolute atomic E-state index is 13.3. The second-order valence-electron chi connectivity index (χ2n) is 8.32. The first-order chi connectivity index (χ1) is 17.8. The molecule has 186 valence electrons. The van der Waals surface area contributed by atoms with E-state index in [9.17, 15) is 14.7 Å². The Labute approximate surface area is 235 Å². The van der Waals surface area contributed by atoms with E-state index in [2.05, 4.69) is 26.1 Å². The zero-order chi connectivity index (χ0) is 26.1. The number of benzene rings is 3. The van der Waals surface area contributed by atoms with Gasteiger partial charge in [0.05, 0.1) is 11.6 Å². The molecule has 0 spiro atoms. The van der Waals surface area contributed by atoms with Crippen LogP contribution in [0.1, 0.15) is 28.3 Å². The lowest BCUT2D eigenvalue weighted by molar-refractivity contribution is -0.132. The molecule has 0 bridgehead atoms. The second-order valence-corrected chi connectivity index (χ2v) is 11.8. The van der Waals surface area contributed by atoms with Crippen molar-refractivity contribution >= 4 is 73.2 Å². The quantitative estimate of drug-likeness (QED) is 0.0817. The maximum Gasteiger partial charge on any atom is 0.301 e. The molecule has 1 saturated heterocycles. The third-order valence-electron chi connectivity index (χ3n) is 5.87. The summed E-state index contributed by atoms with van der Waals surface area (Å²) in [6.45, 7) is 1.95. The molecule has 37 heavy (non-hydrogen) atoms. The average Bonchev–Trinajstić information content (AvgIpc) is 3.46. The Morgan fingerprint density at radius 1 is 1.05 bits per heavy atom. The molecule has 0 radical (unpaired) electrons. The Morgan fingerprint density at radius 3 is 2.46 bits per heavy atom. The molecule has 2 heterocycles. The number of halogens is 2. The summed E-state index contributed by atoms with van der Waals surface area (Å²) in [4.78, 5) is 28.0. The molecule has 1 unspecified atom stereocenters. The van der Waals surface area contributed by atoms with E-state index in [1.165, 1.54) is 28.0 Å². The fraction of sp³-hybridized carbons (Fsp3) is 0.111. The Balaban J connectivity index is 1.54. The summed E-state index contributed by atoms with van der Waals surface area (Å²) < 4.78 is 1.46. The van der Waals surface area contributed by atoms with Gasteiger partial charge in [0.2, 0.25) is 5.13 Å². The Morgan fingerprint density at radius 2 is 1.76 bits per heavy atom. The lowest BCUT2D eigenvalue weighted by Crippen LogP contribution is -2.29. The number of ketones is 1. The number of thioether (sulfide) groups is 1. The minimum Gasteiger partial charge on any atom is -0.507 e. The van der Waals surface area contributed by atoms with Crippen LogP contribution in [0.15, 0.2) is 87.2 Å². The number of hydrogen-bond acceptors (Lipinski definition) is 7.